The molecule has 1 atom stereocenters. The summed E-state index contributed by atoms with van der Waals surface area (Å²) < 4.78 is 5.34. The van der Waals surface area contributed by atoms with Crippen molar-refractivity contribution < 1.29 is 14.6 Å². The molecule has 1 unspecified atom stereocenters. The lowest BCUT2D eigenvalue weighted by atomic mass is 10.2. The van der Waals surface area contributed by atoms with Crippen molar-refractivity contribution in [2.75, 3.05) is 37.8 Å². The predicted octanol–water partition coefficient (Wildman–Crippen LogP) is 0.0288. The van der Waals surface area contributed by atoms with Crippen LogP contribution in [0, 0.1) is 0 Å². The number of ether oxygens (including phenoxy) is 1. The molecule has 0 aliphatic carbocycles. The Balaban J connectivity index is 2.19. The number of aliphatic hydroxyl groups is 1. The lowest BCUT2D eigenvalue weighted by Gasteiger charge is -2.36. The van der Waals surface area contributed by atoms with Gasteiger partial charge >= 0.3 is 0 Å². The van der Waals surface area contributed by atoms with Crippen LogP contribution in [0.1, 0.15) is 17.4 Å². The molecule has 2 rings (SSSR count). The maximum Gasteiger partial charge on any atom is 0.269 e. The lowest BCUT2D eigenvalue weighted by Crippen LogP contribution is -2.47. The van der Waals surface area contributed by atoms with Crippen LogP contribution in [0.15, 0.2) is 18.3 Å². The zero-order chi connectivity index (χ0) is 13.7. The summed E-state index contributed by atoms with van der Waals surface area (Å²) in [6, 6.07) is 3.52. The Morgan fingerprint density at radius 3 is 3.26 bits per heavy atom. The SMILES string of the molecule is CCNC(=O)c1cc(N2CCOCC2CO)ccn1. The molecule has 0 radical (unpaired) electrons. The summed E-state index contributed by atoms with van der Waals surface area (Å²) in [6.07, 6.45) is 1.61. The van der Waals surface area contributed by atoms with E-state index in [1.54, 1.807) is 12.3 Å². The van der Waals surface area contributed by atoms with E-state index in [9.17, 15) is 9.90 Å². The summed E-state index contributed by atoms with van der Waals surface area (Å²) in [5.41, 5.74) is 1.28. The minimum absolute atomic E-state index is 0.0266. The largest absolute Gasteiger partial charge is 0.394 e. The van der Waals surface area contributed by atoms with E-state index in [0.717, 1.165) is 5.69 Å². The fourth-order valence-electron chi connectivity index (χ4n) is 2.12. The first-order chi connectivity index (χ1) is 9.26. The van der Waals surface area contributed by atoms with Crippen LogP contribution in [0.25, 0.3) is 0 Å². The smallest absolute Gasteiger partial charge is 0.269 e. The third-order valence-corrected chi connectivity index (χ3v) is 3.08. The summed E-state index contributed by atoms with van der Waals surface area (Å²) in [5, 5.41) is 12.1. The topological polar surface area (TPSA) is 74.7 Å². The molecule has 1 amide bonds. The molecule has 2 N–H and O–H groups in total. The number of nitrogens with one attached hydrogen (secondary N) is 1. The molecule has 2 heterocycles. The molecule has 0 bridgehead atoms. The fraction of sp³-hybridized carbons (Fsp3) is 0.538. The Bertz CT molecular complexity index is 439. The summed E-state index contributed by atoms with van der Waals surface area (Å²) in [7, 11) is 0. The van der Waals surface area contributed by atoms with E-state index >= 15 is 0 Å². The van der Waals surface area contributed by atoms with Crippen molar-refractivity contribution in [3.8, 4) is 0 Å². The second-order valence-electron chi connectivity index (χ2n) is 4.36. The maximum atomic E-state index is 11.8. The van der Waals surface area contributed by atoms with Gasteiger partial charge in [-0.1, -0.05) is 0 Å². The fourth-order valence-corrected chi connectivity index (χ4v) is 2.12. The van der Waals surface area contributed by atoms with Gasteiger partial charge in [0.2, 0.25) is 0 Å². The zero-order valence-corrected chi connectivity index (χ0v) is 11.0. The highest BCUT2D eigenvalue weighted by Crippen LogP contribution is 2.19. The summed E-state index contributed by atoms with van der Waals surface area (Å²) in [4.78, 5) is 17.9. The van der Waals surface area contributed by atoms with E-state index in [4.69, 9.17) is 4.74 Å². The Labute approximate surface area is 112 Å². The number of hydrogen-bond acceptors (Lipinski definition) is 5. The van der Waals surface area contributed by atoms with Crippen LogP contribution in [0.3, 0.4) is 0 Å². The van der Waals surface area contributed by atoms with E-state index in [2.05, 4.69) is 10.3 Å². The number of carbonyl (C=O) groups excluding carboxylic acids is 1. The second kappa shape index (κ2) is 6.49. The van der Waals surface area contributed by atoms with Gasteiger partial charge in [-0.25, -0.2) is 0 Å². The summed E-state index contributed by atoms with van der Waals surface area (Å²) in [5.74, 6) is -0.182. The number of rotatable bonds is 4. The molecular weight excluding hydrogens is 246 g/mol. The van der Waals surface area contributed by atoms with Gasteiger partial charge in [0.1, 0.15) is 5.69 Å². The minimum atomic E-state index is -0.182. The Hall–Kier alpha value is -1.66. The van der Waals surface area contributed by atoms with Gasteiger partial charge in [-0.05, 0) is 19.1 Å². The summed E-state index contributed by atoms with van der Waals surface area (Å²) >= 11 is 0. The van der Waals surface area contributed by atoms with Crippen molar-refractivity contribution in [3.05, 3.63) is 24.0 Å². The second-order valence-corrected chi connectivity index (χ2v) is 4.36. The van der Waals surface area contributed by atoms with Crippen molar-refractivity contribution in [1.82, 2.24) is 10.3 Å². The highest BCUT2D eigenvalue weighted by Gasteiger charge is 2.23. The molecule has 0 saturated carbocycles. The third-order valence-electron chi connectivity index (χ3n) is 3.08. The first-order valence-electron chi connectivity index (χ1n) is 6.45. The number of anilines is 1. The summed E-state index contributed by atoms with van der Waals surface area (Å²) in [6.45, 7) is 4.28. The normalized spacial score (nSPS) is 19.3. The van der Waals surface area contributed by atoms with Crippen molar-refractivity contribution >= 4 is 11.6 Å². The van der Waals surface area contributed by atoms with Crippen molar-refractivity contribution in [1.29, 1.82) is 0 Å². The van der Waals surface area contributed by atoms with Gasteiger partial charge in [0, 0.05) is 25.0 Å². The highest BCUT2D eigenvalue weighted by molar-refractivity contribution is 5.93. The standard InChI is InChI=1S/C13H19N3O3/c1-2-14-13(18)12-7-10(3-4-15-12)16-5-6-19-9-11(16)8-17/h3-4,7,11,17H,2,5-6,8-9H2,1H3,(H,14,18). The molecule has 6 heteroatoms. The predicted molar refractivity (Wildman–Crippen MR) is 71.3 cm³/mol. The van der Waals surface area contributed by atoms with Crippen molar-refractivity contribution in [2.45, 2.75) is 13.0 Å². The van der Waals surface area contributed by atoms with Crippen LogP contribution in [-0.4, -0.2) is 54.9 Å². The van der Waals surface area contributed by atoms with Gasteiger partial charge in [-0.2, -0.15) is 0 Å². The molecule has 0 spiro atoms. The number of aromatic nitrogens is 1. The number of hydrogen-bond donors (Lipinski definition) is 2. The molecule has 104 valence electrons. The van der Waals surface area contributed by atoms with Crippen LogP contribution < -0.4 is 10.2 Å². The molecule has 1 aliphatic heterocycles. The quantitative estimate of drug-likeness (QED) is 0.803. The van der Waals surface area contributed by atoms with Gasteiger partial charge < -0.3 is 20.1 Å². The van der Waals surface area contributed by atoms with E-state index in [0.29, 0.717) is 32.0 Å². The number of carbonyl (C=O) groups is 1. The number of aliphatic hydroxyl groups excluding tert-OH is 1. The van der Waals surface area contributed by atoms with Crippen molar-refractivity contribution in [2.24, 2.45) is 0 Å². The molecule has 1 aliphatic rings. The molecule has 19 heavy (non-hydrogen) atoms. The first-order valence-corrected chi connectivity index (χ1v) is 6.45. The number of amides is 1. The monoisotopic (exact) mass is 265 g/mol. The van der Waals surface area contributed by atoms with E-state index < -0.39 is 0 Å². The van der Waals surface area contributed by atoms with Gasteiger partial charge in [0.15, 0.2) is 0 Å². The van der Waals surface area contributed by atoms with E-state index in [-0.39, 0.29) is 18.6 Å². The molecule has 0 aromatic carbocycles. The number of morpholine rings is 1. The molecule has 1 aromatic heterocycles. The van der Waals surface area contributed by atoms with Crippen LogP contribution in [0.4, 0.5) is 5.69 Å². The molecule has 1 fully saturated rings. The first kappa shape index (κ1) is 13.8. The van der Waals surface area contributed by atoms with Crippen LogP contribution in [-0.2, 0) is 4.74 Å². The van der Waals surface area contributed by atoms with Gasteiger partial charge in [-0.3, -0.25) is 9.78 Å². The molecular formula is C13H19N3O3. The molecule has 1 saturated heterocycles. The number of pyridine rings is 1. The van der Waals surface area contributed by atoms with E-state index in [1.165, 1.54) is 0 Å². The molecule has 1 aromatic rings. The highest BCUT2D eigenvalue weighted by atomic mass is 16.5. The van der Waals surface area contributed by atoms with Crippen molar-refractivity contribution in [3.63, 3.8) is 0 Å². The zero-order valence-electron chi connectivity index (χ0n) is 11.0. The maximum absolute atomic E-state index is 11.8. The van der Waals surface area contributed by atoms with Gasteiger partial charge in [0.25, 0.3) is 5.91 Å². The minimum Gasteiger partial charge on any atom is -0.394 e. The molecule has 6 nitrogen and oxygen atoms in total. The van der Waals surface area contributed by atoms with Crippen LogP contribution >= 0.6 is 0 Å². The Kier molecular flexibility index (Phi) is 4.70. The van der Waals surface area contributed by atoms with Crippen LogP contribution in [0.5, 0.6) is 0 Å². The van der Waals surface area contributed by atoms with E-state index in [1.807, 2.05) is 17.9 Å². The van der Waals surface area contributed by atoms with Crippen LogP contribution in [0.2, 0.25) is 0 Å². The Morgan fingerprint density at radius 2 is 2.53 bits per heavy atom. The average molecular weight is 265 g/mol. The lowest BCUT2D eigenvalue weighted by molar-refractivity contribution is 0.0727. The van der Waals surface area contributed by atoms with Gasteiger partial charge in [0.05, 0.1) is 25.9 Å². The Morgan fingerprint density at radius 1 is 1.68 bits per heavy atom. The third kappa shape index (κ3) is 3.21. The van der Waals surface area contributed by atoms with Gasteiger partial charge in [-0.15, -0.1) is 0 Å². The average Bonchev–Trinajstić information content (AvgIpc) is 2.47. The number of nitrogens with zero attached hydrogens (tertiary/aromatic N) is 2.